The minimum Gasteiger partial charge on any atom is -0.479 e. The van der Waals surface area contributed by atoms with Gasteiger partial charge < -0.3 is 71.5 Å². The third-order valence-electron chi connectivity index (χ3n) is 22.0. The van der Waals surface area contributed by atoms with Gasteiger partial charge in [-0.1, -0.05) is 94.0 Å². The number of carbonyl (C=O) groups excluding carboxylic acids is 8. The van der Waals surface area contributed by atoms with E-state index in [9.17, 15) is 73.5 Å². The van der Waals surface area contributed by atoms with Crippen molar-refractivity contribution in [3.63, 3.8) is 0 Å². The van der Waals surface area contributed by atoms with Crippen molar-refractivity contribution >= 4 is 103 Å². The van der Waals surface area contributed by atoms with Gasteiger partial charge >= 0.3 is 24.1 Å². The minimum absolute atomic E-state index is 0.00182. The van der Waals surface area contributed by atoms with Gasteiger partial charge in [-0.15, -0.1) is 0 Å². The number of aromatic carboxylic acids is 1. The van der Waals surface area contributed by atoms with E-state index in [0.29, 0.717) is 81.2 Å². The van der Waals surface area contributed by atoms with Crippen LogP contribution in [-0.2, 0) is 60.9 Å². The van der Waals surface area contributed by atoms with Crippen LogP contribution in [0.15, 0.2) is 115 Å². The Kier molecular flexibility index (Phi) is 25.0. The molecule has 0 radical (unpaired) electrons. The Balaban J connectivity index is 0.707. The molecule has 5 fully saturated rings. The number of aliphatic hydroxyl groups is 3. The number of amides is 9. The number of carboxylic acid groups (broad SMARTS) is 2. The van der Waals surface area contributed by atoms with Crippen LogP contribution in [0.25, 0.3) is 43.4 Å². The van der Waals surface area contributed by atoms with Crippen molar-refractivity contribution in [1.29, 1.82) is 0 Å². The number of fused-ring (bicyclic) bond motifs is 2. The van der Waals surface area contributed by atoms with Gasteiger partial charge in [0.05, 0.1) is 46.6 Å². The first-order chi connectivity index (χ1) is 53.9. The van der Waals surface area contributed by atoms with E-state index < -0.39 is 108 Å². The molecule has 12 N–H and O–H groups in total. The van der Waals surface area contributed by atoms with Gasteiger partial charge in [0.2, 0.25) is 11.8 Å². The largest absolute Gasteiger partial charge is 0.479 e. The number of nitrogens with two attached hydrogens (primary N) is 2. The second kappa shape index (κ2) is 34.5. The van der Waals surface area contributed by atoms with Crippen LogP contribution in [0.3, 0.4) is 0 Å². The summed E-state index contributed by atoms with van der Waals surface area (Å²) < 4.78 is 27.0. The molecule has 4 aromatic carbocycles. The lowest BCUT2D eigenvalue weighted by molar-refractivity contribution is -0.294. The normalized spacial score (nSPS) is 23.5. The quantitative estimate of drug-likeness (QED) is 0.0135. The van der Waals surface area contributed by atoms with Crippen molar-refractivity contribution in [2.24, 2.45) is 33.6 Å². The highest BCUT2D eigenvalue weighted by Crippen LogP contribution is 2.72. The zero-order valence-electron chi connectivity index (χ0n) is 63.6. The molecule has 7 aromatic rings. The molecule has 4 bridgehead atoms. The van der Waals surface area contributed by atoms with Gasteiger partial charge in [-0.25, -0.2) is 34.0 Å². The number of aromatic nitrogens is 4. The summed E-state index contributed by atoms with van der Waals surface area (Å²) >= 11 is 1.37. The van der Waals surface area contributed by atoms with Gasteiger partial charge in [-0.2, -0.15) is 5.10 Å². The number of aliphatic hydroxyl groups excluding tert-OH is 3. The Hall–Kier alpha value is -10.5. The number of anilines is 2. The van der Waals surface area contributed by atoms with Crippen LogP contribution in [-0.4, -0.2) is 202 Å². The molecule has 31 nitrogen and oxygen atoms in total. The van der Waals surface area contributed by atoms with E-state index in [1.54, 1.807) is 44.3 Å². The number of aliphatic carboxylic acids is 1. The number of imide groups is 2. The molecule has 113 heavy (non-hydrogen) atoms. The zero-order valence-corrected chi connectivity index (χ0v) is 64.4. The van der Waals surface area contributed by atoms with Gasteiger partial charge in [-0.3, -0.25) is 43.7 Å². The average molecular weight is 1570 g/mol. The monoisotopic (exact) mass is 1570 g/mol. The van der Waals surface area contributed by atoms with Gasteiger partial charge in [-0.05, 0) is 171 Å². The van der Waals surface area contributed by atoms with Crippen LogP contribution in [0, 0.1) is 29.1 Å². The van der Waals surface area contributed by atoms with Gasteiger partial charge in [0.25, 0.3) is 23.6 Å². The highest BCUT2D eigenvalue weighted by molar-refractivity contribution is 7.22. The molecule has 2 aliphatic heterocycles. The molecule has 9 amide bonds. The Morgan fingerprint density at radius 2 is 1.50 bits per heavy atom. The first-order valence-corrected chi connectivity index (χ1v) is 38.8. The number of thiazole rings is 1. The second-order valence-corrected chi connectivity index (χ2v) is 32.6. The van der Waals surface area contributed by atoms with E-state index in [0.717, 1.165) is 58.3 Å². The number of unbranched alkanes of at least 4 members (excludes halogenated alkanes) is 2. The summed E-state index contributed by atoms with van der Waals surface area (Å²) in [5.41, 5.74) is 14.6. The van der Waals surface area contributed by atoms with Gasteiger partial charge in [0.1, 0.15) is 37.0 Å². The maximum atomic E-state index is 14.4. The Bertz CT molecular complexity index is 4750. The molecule has 2 unspecified atom stereocenters. The van der Waals surface area contributed by atoms with Crippen LogP contribution < -0.4 is 32.3 Å². The smallest absolute Gasteiger partial charge is 0.410 e. The number of nitrogens with zero attached hydrogens (tertiary/aromatic N) is 7. The molecular weight excluding hydrogens is 1480 g/mol. The fourth-order valence-electron chi connectivity index (χ4n) is 17.9. The fourth-order valence-corrected chi connectivity index (χ4v) is 18.7. The summed E-state index contributed by atoms with van der Waals surface area (Å²) in [6, 6.07) is 24.4. The summed E-state index contributed by atoms with van der Waals surface area (Å²) in [6.07, 6.45) is 0.690. The summed E-state index contributed by atoms with van der Waals surface area (Å²) in [5, 5.41) is 67.2. The molecule has 13 rings (SSSR count). The Labute approximate surface area is 655 Å². The van der Waals surface area contributed by atoms with Crippen LogP contribution in [0.4, 0.5) is 20.4 Å². The summed E-state index contributed by atoms with van der Waals surface area (Å²) in [4.78, 5) is 144. The topological polar surface area (TPSA) is 450 Å². The number of benzene rings is 4. The number of hydrogen-bond acceptors (Lipinski definition) is 22. The molecule has 9 atom stereocenters. The van der Waals surface area contributed by atoms with Crippen LogP contribution in [0.5, 0.6) is 0 Å². The fraction of sp³-hybridized carbons (Fsp3) is 0.469. The maximum absolute atomic E-state index is 14.4. The first-order valence-electron chi connectivity index (χ1n) is 38.0. The van der Waals surface area contributed by atoms with E-state index >= 15 is 0 Å². The predicted molar refractivity (Wildman–Crippen MR) is 414 cm³/mol. The van der Waals surface area contributed by atoms with Crippen LogP contribution >= 0.6 is 11.3 Å². The molecular formula is C81H96N12O19S. The molecule has 4 aliphatic carbocycles. The van der Waals surface area contributed by atoms with Crippen molar-refractivity contribution in [1.82, 2.24) is 40.2 Å². The lowest BCUT2D eigenvalue weighted by atomic mass is 9.39. The summed E-state index contributed by atoms with van der Waals surface area (Å²) in [5.74, 6) is -6.41. The number of urea groups is 1. The van der Waals surface area contributed by atoms with Gasteiger partial charge in [0, 0.05) is 72.7 Å². The van der Waals surface area contributed by atoms with Crippen molar-refractivity contribution in [2.75, 3.05) is 49.6 Å². The summed E-state index contributed by atoms with van der Waals surface area (Å²) in [7, 11) is 0. The lowest BCUT2D eigenvalue weighted by Crippen LogP contribution is -2.64. The number of carboxylic acids is 2. The van der Waals surface area contributed by atoms with E-state index in [1.165, 1.54) is 52.7 Å². The maximum Gasteiger partial charge on any atom is 0.410 e. The molecule has 5 heterocycles. The molecule has 600 valence electrons. The molecule has 1 saturated heterocycles. The molecule has 32 heteroatoms. The average Bonchev–Trinajstić information content (AvgIpc) is 1.43. The van der Waals surface area contributed by atoms with E-state index in [-0.39, 0.29) is 105 Å². The highest BCUT2D eigenvalue weighted by atomic mass is 32.1. The number of para-hydroxylation sites is 1. The number of rotatable bonds is 34. The second-order valence-electron chi connectivity index (χ2n) is 31.5. The minimum atomic E-state index is -1.94. The van der Waals surface area contributed by atoms with Crippen LogP contribution in [0.2, 0.25) is 0 Å². The number of pyridine rings is 1. The number of hydrogen-bond donors (Lipinski definition) is 10. The number of nitrogens with one attached hydrogen (secondary N) is 3. The SMILES string of the molecule is Cc1c(-c2ccc(-c3ccc4cccc(C(=O)Nc5nc6ccccc6s5)c4c3)nc2C(=O)O)cnn1CC12CC3(C)CC(C)(C1)CC(OCCN(CCCO[C@H]1O[C@@H](C(=O)O)[C@H](O)[C@@H](O)[C@@H]1O)C(=O)OCc1ccc(N(C(N)=O)C(=O)[C@H](CCCN)NC(=O)[C@@H](NC(=O)CCCCCN4C(=O)C=CC4=O)C(C)C)cc1)(C3)C2. The third kappa shape index (κ3) is 18.6. The Morgan fingerprint density at radius 3 is 2.19 bits per heavy atom. The molecule has 6 aliphatic rings. The van der Waals surface area contributed by atoms with Crippen molar-refractivity contribution in [3.8, 4) is 22.4 Å². The van der Waals surface area contributed by atoms with E-state index in [2.05, 4.69) is 34.8 Å². The van der Waals surface area contributed by atoms with E-state index in [1.807, 2.05) is 60.1 Å². The number of primary amides is 1. The van der Waals surface area contributed by atoms with E-state index in [4.69, 9.17) is 40.5 Å². The standard InChI is InChI=1S/C81H96N12O19S/c1-46(2)63(88-60(94)19-7-6-10-32-91-61(95)28-29-62(91)96)70(101)86-58(17-12-30-82)71(102)93(75(83)107)51-24-20-48(21-25-51)38-110-77(108)90(31-13-34-109-74-67(99)65(97)66(98)68(112-74)73(105)106)33-35-111-81-42-78(4)39-79(5,43-81)41-80(40-78,44-81)45-92-47(3)55(37-84-92)52-26-27-56(85-64(52)72(103)104)50-23-22-49-14-11-15-53(54(49)36-50)69(100)89-76-87-57-16-8-9-18-59(57)113-76/h8-9,11,14-16,18,20-29,36-37,46,58,63,65-68,74,97-99H,6-7,10,12-13,17,19,30-35,38-45,82H2,1-5H3,(H2,83,107)(H,86,101)(H,88,94)(H,103,104)(H,105,106)(H,87,89,100)/t58-,63-,65+,66+,67-,68+,74-,78?,79?,80?,81?/m0/s1. The number of ether oxygens (including phenoxy) is 4. The highest BCUT2D eigenvalue weighted by Gasteiger charge is 2.66. The third-order valence-corrected chi connectivity index (χ3v) is 23.0. The Morgan fingerprint density at radius 1 is 0.770 bits per heavy atom. The van der Waals surface area contributed by atoms with Gasteiger partial charge in [0.15, 0.2) is 23.2 Å². The first kappa shape index (κ1) is 82.0. The summed E-state index contributed by atoms with van der Waals surface area (Å²) in [6.45, 7) is 10.3. The zero-order chi connectivity index (χ0) is 80.8. The number of carbonyl (C=O) groups is 10. The molecule has 0 spiro atoms. The predicted octanol–water partition coefficient (Wildman–Crippen LogP) is 7.97. The van der Waals surface area contributed by atoms with Crippen molar-refractivity contribution in [2.45, 2.75) is 180 Å². The molecule has 4 saturated carbocycles. The van der Waals surface area contributed by atoms with Crippen molar-refractivity contribution in [3.05, 3.63) is 138 Å². The molecule has 3 aromatic heterocycles. The van der Waals surface area contributed by atoms with Crippen LogP contribution in [0.1, 0.15) is 143 Å². The van der Waals surface area contributed by atoms with Crippen molar-refractivity contribution < 1.29 is 92.4 Å². The lowest BCUT2D eigenvalue weighted by Gasteiger charge is -2.69.